The van der Waals surface area contributed by atoms with Crippen LogP contribution in [0.1, 0.15) is 54.3 Å². The quantitative estimate of drug-likeness (QED) is 0.846. The Kier molecular flexibility index (Phi) is 2.70. The van der Waals surface area contributed by atoms with E-state index in [1.54, 1.807) is 6.20 Å². The van der Waals surface area contributed by atoms with E-state index in [-0.39, 0.29) is 5.82 Å². The van der Waals surface area contributed by atoms with E-state index in [1.807, 2.05) is 0 Å². The van der Waals surface area contributed by atoms with Crippen LogP contribution in [-0.4, -0.2) is 31.2 Å². The average molecular weight is 246 g/mol. The number of rotatable bonds is 2. The molecule has 6 heteroatoms. The zero-order chi connectivity index (χ0) is 12.5. The maximum Gasteiger partial charge on any atom is 0.374 e. The predicted octanol–water partition coefficient (Wildman–Crippen LogP) is 2.10. The number of aromatic amines is 1. The molecule has 0 unspecified atom stereocenters. The highest BCUT2D eigenvalue weighted by molar-refractivity contribution is 5.86. The molecular weight excluding hydrogens is 232 g/mol. The minimum Gasteiger partial charge on any atom is -0.475 e. The molecule has 0 bridgehead atoms. The van der Waals surface area contributed by atoms with Crippen LogP contribution in [0.5, 0.6) is 0 Å². The van der Waals surface area contributed by atoms with Crippen molar-refractivity contribution in [3.05, 3.63) is 17.7 Å². The second-order valence-corrected chi connectivity index (χ2v) is 4.71. The lowest BCUT2D eigenvalue weighted by atomic mass is 9.86. The van der Waals surface area contributed by atoms with Crippen molar-refractivity contribution in [3.8, 4) is 0 Å². The molecule has 6 nitrogen and oxygen atoms in total. The first-order valence-electron chi connectivity index (χ1n) is 6.20. The Balaban J connectivity index is 2.01. The Morgan fingerprint density at radius 3 is 2.83 bits per heavy atom. The third-order valence-electron chi connectivity index (χ3n) is 3.55. The number of carboxylic acid groups (broad SMARTS) is 1. The Morgan fingerprint density at radius 1 is 1.33 bits per heavy atom. The van der Waals surface area contributed by atoms with E-state index >= 15 is 0 Å². The van der Waals surface area contributed by atoms with Crippen LogP contribution >= 0.6 is 0 Å². The first-order valence-corrected chi connectivity index (χ1v) is 6.20. The van der Waals surface area contributed by atoms with Gasteiger partial charge in [-0.1, -0.05) is 19.3 Å². The summed E-state index contributed by atoms with van der Waals surface area (Å²) in [5, 5.41) is 16.8. The Bertz CT molecular complexity index is 587. The fourth-order valence-corrected chi connectivity index (χ4v) is 2.63. The van der Waals surface area contributed by atoms with Crippen LogP contribution in [-0.2, 0) is 0 Å². The molecular formula is C12H14N4O2. The van der Waals surface area contributed by atoms with E-state index < -0.39 is 5.97 Å². The molecule has 0 radical (unpaired) electrons. The van der Waals surface area contributed by atoms with Gasteiger partial charge in [0.05, 0.1) is 5.39 Å². The predicted molar refractivity (Wildman–Crippen MR) is 64.5 cm³/mol. The molecule has 0 aromatic carbocycles. The topological polar surface area (TPSA) is 91.8 Å². The van der Waals surface area contributed by atoms with E-state index in [0.29, 0.717) is 11.6 Å². The van der Waals surface area contributed by atoms with E-state index in [0.717, 1.165) is 23.9 Å². The third-order valence-corrected chi connectivity index (χ3v) is 3.55. The monoisotopic (exact) mass is 246 g/mol. The summed E-state index contributed by atoms with van der Waals surface area (Å²) in [5.41, 5.74) is 1.50. The normalized spacial score (nSPS) is 17.1. The molecule has 0 amide bonds. The van der Waals surface area contributed by atoms with Gasteiger partial charge >= 0.3 is 5.97 Å². The zero-order valence-electron chi connectivity index (χ0n) is 9.89. The van der Waals surface area contributed by atoms with E-state index in [4.69, 9.17) is 5.11 Å². The average Bonchev–Trinajstić information content (AvgIpc) is 2.82. The molecule has 2 heterocycles. The molecule has 18 heavy (non-hydrogen) atoms. The summed E-state index contributed by atoms with van der Waals surface area (Å²) in [5.74, 6) is -0.855. The largest absolute Gasteiger partial charge is 0.475 e. The Morgan fingerprint density at radius 2 is 2.11 bits per heavy atom. The number of nitrogens with zero attached hydrogens (tertiary/aromatic N) is 3. The van der Waals surface area contributed by atoms with Gasteiger partial charge in [0.1, 0.15) is 0 Å². The second kappa shape index (κ2) is 4.36. The van der Waals surface area contributed by atoms with E-state index in [2.05, 4.69) is 20.2 Å². The van der Waals surface area contributed by atoms with Gasteiger partial charge < -0.3 is 5.11 Å². The molecule has 2 aromatic heterocycles. The summed E-state index contributed by atoms with van der Waals surface area (Å²) in [6.07, 6.45) is 7.63. The highest BCUT2D eigenvalue weighted by atomic mass is 16.4. The van der Waals surface area contributed by atoms with Crippen molar-refractivity contribution in [2.45, 2.75) is 38.0 Å². The van der Waals surface area contributed by atoms with Crippen molar-refractivity contribution in [3.63, 3.8) is 0 Å². The van der Waals surface area contributed by atoms with Gasteiger partial charge in [-0.15, -0.1) is 0 Å². The van der Waals surface area contributed by atoms with Crippen molar-refractivity contribution < 1.29 is 9.90 Å². The molecule has 0 saturated heterocycles. The smallest absolute Gasteiger partial charge is 0.374 e. The fourth-order valence-electron chi connectivity index (χ4n) is 2.63. The number of carboxylic acids is 1. The van der Waals surface area contributed by atoms with Crippen LogP contribution in [0.15, 0.2) is 6.20 Å². The van der Waals surface area contributed by atoms with Crippen molar-refractivity contribution >= 4 is 17.0 Å². The molecule has 3 rings (SSSR count). The number of nitrogens with one attached hydrogen (secondary N) is 1. The number of carbonyl (C=O) groups is 1. The molecule has 1 aliphatic rings. The highest BCUT2D eigenvalue weighted by Gasteiger charge is 2.21. The third kappa shape index (κ3) is 1.83. The van der Waals surface area contributed by atoms with Crippen LogP contribution in [0.2, 0.25) is 0 Å². The number of aromatic carboxylic acids is 1. The minimum atomic E-state index is -1.13. The summed E-state index contributed by atoms with van der Waals surface area (Å²) in [7, 11) is 0. The fraction of sp³-hybridized carbons (Fsp3) is 0.500. The van der Waals surface area contributed by atoms with Gasteiger partial charge in [-0.05, 0) is 12.8 Å². The molecule has 0 spiro atoms. The van der Waals surface area contributed by atoms with Gasteiger partial charge in [-0.3, -0.25) is 5.10 Å². The van der Waals surface area contributed by atoms with E-state index in [9.17, 15) is 4.79 Å². The molecule has 1 fully saturated rings. The van der Waals surface area contributed by atoms with Crippen LogP contribution in [0.4, 0.5) is 0 Å². The maximum absolute atomic E-state index is 10.8. The van der Waals surface area contributed by atoms with Crippen molar-refractivity contribution in [2.24, 2.45) is 0 Å². The van der Waals surface area contributed by atoms with E-state index in [1.165, 1.54) is 19.3 Å². The lowest BCUT2D eigenvalue weighted by Gasteiger charge is -2.20. The first-order chi connectivity index (χ1) is 8.75. The van der Waals surface area contributed by atoms with Gasteiger partial charge in [-0.2, -0.15) is 5.10 Å². The van der Waals surface area contributed by atoms with Crippen molar-refractivity contribution in [1.29, 1.82) is 0 Å². The van der Waals surface area contributed by atoms with Crippen LogP contribution < -0.4 is 0 Å². The summed E-state index contributed by atoms with van der Waals surface area (Å²) < 4.78 is 0. The van der Waals surface area contributed by atoms with Gasteiger partial charge in [0, 0.05) is 17.8 Å². The molecule has 1 saturated carbocycles. The number of hydrogen-bond donors (Lipinski definition) is 2. The highest BCUT2D eigenvalue weighted by Crippen LogP contribution is 2.34. The van der Waals surface area contributed by atoms with Gasteiger partial charge in [-0.25, -0.2) is 14.8 Å². The lowest BCUT2D eigenvalue weighted by molar-refractivity contribution is 0.0684. The lowest BCUT2D eigenvalue weighted by Crippen LogP contribution is -2.06. The summed E-state index contributed by atoms with van der Waals surface area (Å²) >= 11 is 0. The Labute approximate surface area is 103 Å². The standard InChI is InChI=1S/C12H14N4O2/c17-12(18)11-13-6-8-9(15-16-10(8)14-11)7-4-2-1-3-5-7/h6-7H,1-5H2,(H,17,18)(H,13,14,15,16). The molecule has 2 N–H and O–H groups in total. The van der Waals surface area contributed by atoms with Crippen LogP contribution in [0.25, 0.3) is 11.0 Å². The minimum absolute atomic E-state index is 0.204. The summed E-state index contributed by atoms with van der Waals surface area (Å²) in [6.45, 7) is 0. The first kappa shape index (κ1) is 11.1. The van der Waals surface area contributed by atoms with Crippen molar-refractivity contribution in [2.75, 3.05) is 0 Å². The van der Waals surface area contributed by atoms with Gasteiger partial charge in [0.25, 0.3) is 0 Å². The molecule has 1 aliphatic carbocycles. The second-order valence-electron chi connectivity index (χ2n) is 4.71. The zero-order valence-corrected chi connectivity index (χ0v) is 9.89. The molecule has 94 valence electrons. The maximum atomic E-state index is 10.8. The SMILES string of the molecule is O=C(O)c1ncc2c(C3CCCCC3)[nH]nc2n1. The van der Waals surface area contributed by atoms with Gasteiger partial charge in [0.2, 0.25) is 5.82 Å². The molecule has 0 aliphatic heterocycles. The summed E-state index contributed by atoms with van der Waals surface area (Å²) in [4.78, 5) is 18.6. The number of aromatic nitrogens is 4. The molecule has 2 aromatic rings. The number of fused-ring (bicyclic) bond motifs is 1. The van der Waals surface area contributed by atoms with Crippen LogP contribution in [0, 0.1) is 0 Å². The summed E-state index contributed by atoms with van der Waals surface area (Å²) in [6, 6.07) is 0. The number of H-pyrrole nitrogens is 1. The Hall–Kier alpha value is -1.98. The van der Waals surface area contributed by atoms with Crippen LogP contribution in [0.3, 0.4) is 0 Å². The van der Waals surface area contributed by atoms with Crippen molar-refractivity contribution in [1.82, 2.24) is 20.2 Å². The number of hydrogen-bond acceptors (Lipinski definition) is 4. The molecule has 0 atom stereocenters. The van der Waals surface area contributed by atoms with Gasteiger partial charge in [0.15, 0.2) is 5.65 Å².